The molecule has 10 heteroatoms. The minimum Gasteiger partial charge on any atom is -0.382 e. The van der Waals surface area contributed by atoms with E-state index in [1.807, 2.05) is 0 Å². The molecule has 1 aromatic heterocycles. The summed E-state index contributed by atoms with van der Waals surface area (Å²) < 4.78 is 0. The van der Waals surface area contributed by atoms with E-state index >= 15 is 0 Å². The first kappa shape index (κ1) is 14.8. The van der Waals surface area contributed by atoms with Gasteiger partial charge in [0.1, 0.15) is 22.5 Å². The van der Waals surface area contributed by atoms with Crippen LogP contribution in [-0.2, 0) is 0 Å². The number of nitro groups is 1. The van der Waals surface area contributed by atoms with Gasteiger partial charge in [-0.2, -0.15) is 10.2 Å². The molecule has 0 aliphatic heterocycles. The van der Waals surface area contributed by atoms with Crippen molar-refractivity contribution in [1.29, 1.82) is 5.26 Å². The van der Waals surface area contributed by atoms with Crippen LogP contribution in [0.15, 0.2) is 12.1 Å². The summed E-state index contributed by atoms with van der Waals surface area (Å²) in [5.41, 5.74) is 10.5. The molecule has 0 bridgehead atoms. The first-order chi connectivity index (χ1) is 9.86. The van der Waals surface area contributed by atoms with Crippen molar-refractivity contribution >= 4 is 40.7 Å². The number of nitrogens with zero attached hydrogens (tertiary/aromatic N) is 4. The van der Waals surface area contributed by atoms with Crippen LogP contribution in [0, 0.1) is 21.4 Å². The fourth-order valence-corrected chi connectivity index (χ4v) is 2.31. The molecule has 8 nitrogen and oxygen atoms in total. The zero-order valence-electron chi connectivity index (χ0n) is 10.2. The molecule has 1 heterocycles. The maximum atomic E-state index is 10.9. The first-order valence-electron chi connectivity index (χ1n) is 5.32. The summed E-state index contributed by atoms with van der Waals surface area (Å²) in [6, 6.07) is 4.22. The van der Waals surface area contributed by atoms with Crippen molar-refractivity contribution in [1.82, 2.24) is 9.97 Å². The molecule has 0 aliphatic carbocycles. The quantitative estimate of drug-likeness (QED) is 0.636. The average molecular weight is 325 g/mol. The minimum absolute atomic E-state index is 0.00452. The van der Waals surface area contributed by atoms with Gasteiger partial charge in [0.05, 0.1) is 15.6 Å². The lowest BCUT2D eigenvalue weighted by molar-refractivity contribution is -0.384. The zero-order valence-corrected chi connectivity index (χ0v) is 11.7. The third-order valence-corrected chi connectivity index (χ3v) is 3.27. The number of anilines is 2. The molecule has 0 saturated heterocycles. The molecule has 0 unspecified atom stereocenters. The summed E-state index contributed by atoms with van der Waals surface area (Å²) >= 11 is 12.0. The normalized spacial score (nSPS) is 10.1. The molecule has 106 valence electrons. The molecular weight excluding hydrogens is 319 g/mol. The van der Waals surface area contributed by atoms with Crippen molar-refractivity contribution < 1.29 is 4.92 Å². The average Bonchev–Trinajstić information content (AvgIpc) is 2.37. The van der Waals surface area contributed by atoms with Crippen LogP contribution < -0.4 is 11.5 Å². The van der Waals surface area contributed by atoms with Crippen molar-refractivity contribution in [2.24, 2.45) is 0 Å². The molecule has 0 saturated carbocycles. The molecule has 0 aliphatic rings. The number of benzene rings is 1. The Morgan fingerprint density at radius 1 is 1.29 bits per heavy atom. The third kappa shape index (κ3) is 2.52. The molecule has 2 rings (SSSR count). The van der Waals surface area contributed by atoms with Gasteiger partial charge in [-0.05, 0) is 6.07 Å². The Balaban J connectivity index is 2.89. The number of nitro benzene ring substituents is 1. The summed E-state index contributed by atoms with van der Waals surface area (Å²) in [6.07, 6.45) is 0. The van der Waals surface area contributed by atoms with E-state index in [1.54, 1.807) is 6.07 Å². The van der Waals surface area contributed by atoms with Gasteiger partial charge in [-0.15, -0.1) is 0 Å². The van der Waals surface area contributed by atoms with Gasteiger partial charge in [0.15, 0.2) is 0 Å². The Labute approximate surface area is 128 Å². The zero-order chi connectivity index (χ0) is 15.7. The van der Waals surface area contributed by atoms with E-state index in [-0.39, 0.29) is 44.3 Å². The Kier molecular flexibility index (Phi) is 3.80. The predicted octanol–water partition coefficient (Wildman–Crippen LogP) is 2.39. The van der Waals surface area contributed by atoms with Crippen molar-refractivity contribution in [3.8, 4) is 17.3 Å². The van der Waals surface area contributed by atoms with Gasteiger partial charge in [0.2, 0.25) is 5.95 Å². The fourth-order valence-electron chi connectivity index (χ4n) is 1.69. The van der Waals surface area contributed by atoms with E-state index in [0.29, 0.717) is 0 Å². The number of nitrogens with two attached hydrogens (primary N) is 2. The maximum absolute atomic E-state index is 10.9. The van der Waals surface area contributed by atoms with Gasteiger partial charge in [-0.25, -0.2) is 4.98 Å². The molecule has 21 heavy (non-hydrogen) atoms. The molecular formula is C11H6Cl2N6O2. The molecule has 0 fully saturated rings. The van der Waals surface area contributed by atoms with Crippen LogP contribution in [-0.4, -0.2) is 14.9 Å². The lowest BCUT2D eigenvalue weighted by Gasteiger charge is -2.10. The number of hydrogen-bond acceptors (Lipinski definition) is 7. The summed E-state index contributed by atoms with van der Waals surface area (Å²) in [5, 5.41) is 19.9. The highest BCUT2D eigenvalue weighted by molar-refractivity contribution is 6.40. The number of hydrogen-bond donors (Lipinski definition) is 2. The van der Waals surface area contributed by atoms with Crippen molar-refractivity contribution in [2.45, 2.75) is 0 Å². The molecule has 0 amide bonds. The van der Waals surface area contributed by atoms with E-state index < -0.39 is 4.92 Å². The van der Waals surface area contributed by atoms with Crippen molar-refractivity contribution in [3.05, 3.63) is 37.9 Å². The molecule has 0 radical (unpaired) electrons. The molecule has 0 atom stereocenters. The number of aromatic nitrogens is 2. The second kappa shape index (κ2) is 5.40. The standard InChI is InChI=1S/C11H6Cl2N6O2/c12-5-1-2-6(19(20)21)8(13)7(5)9-4(3-14)10(15)18-11(16)17-9/h1-2H,(H4,15,16,17,18). The second-order valence-electron chi connectivity index (χ2n) is 3.82. The van der Waals surface area contributed by atoms with E-state index in [1.165, 1.54) is 6.07 Å². The van der Waals surface area contributed by atoms with Gasteiger partial charge in [-0.3, -0.25) is 10.1 Å². The van der Waals surface area contributed by atoms with E-state index in [2.05, 4.69) is 9.97 Å². The molecule has 1 aromatic carbocycles. The smallest absolute Gasteiger partial charge is 0.288 e. The SMILES string of the molecule is N#Cc1c(N)nc(N)nc1-c1c(Cl)ccc([N+](=O)[O-])c1Cl. The molecule has 4 N–H and O–H groups in total. The Morgan fingerprint density at radius 2 is 1.95 bits per heavy atom. The van der Waals surface area contributed by atoms with E-state index in [0.717, 1.165) is 6.07 Å². The number of halogens is 2. The summed E-state index contributed by atoms with van der Waals surface area (Å²) in [6.45, 7) is 0. The predicted molar refractivity (Wildman–Crippen MR) is 77.7 cm³/mol. The monoisotopic (exact) mass is 324 g/mol. The van der Waals surface area contributed by atoms with E-state index in [4.69, 9.17) is 39.9 Å². The van der Waals surface area contributed by atoms with Gasteiger partial charge in [0.25, 0.3) is 5.69 Å². The van der Waals surface area contributed by atoms with Crippen LogP contribution >= 0.6 is 23.2 Å². The first-order valence-corrected chi connectivity index (χ1v) is 6.08. The molecule has 0 spiro atoms. The Bertz CT molecular complexity index is 802. The minimum atomic E-state index is -0.678. The topological polar surface area (TPSA) is 145 Å². The van der Waals surface area contributed by atoms with Crippen molar-refractivity contribution in [3.63, 3.8) is 0 Å². The van der Waals surface area contributed by atoms with Crippen LogP contribution in [0.5, 0.6) is 0 Å². The largest absolute Gasteiger partial charge is 0.382 e. The highest BCUT2D eigenvalue weighted by atomic mass is 35.5. The van der Waals surface area contributed by atoms with Crippen LogP contribution in [0.25, 0.3) is 11.3 Å². The van der Waals surface area contributed by atoms with Crippen molar-refractivity contribution in [2.75, 3.05) is 11.5 Å². The lowest BCUT2D eigenvalue weighted by atomic mass is 10.1. The summed E-state index contributed by atoms with van der Waals surface area (Å²) in [7, 11) is 0. The number of nitriles is 1. The van der Waals surface area contributed by atoms with E-state index in [9.17, 15) is 10.1 Å². The Morgan fingerprint density at radius 3 is 2.52 bits per heavy atom. The fraction of sp³-hybridized carbons (Fsp3) is 0. The second-order valence-corrected chi connectivity index (χ2v) is 4.60. The number of nitrogen functional groups attached to an aromatic ring is 2. The van der Waals surface area contributed by atoms with Gasteiger partial charge >= 0.3 is 0 Å². The van der Waals surface area contributed by atoms with Gasteiger partial charge in [0, 0.05) is 11.6 Å². The Hall–Kier alpha value is -2.63. The molecule has 2 aromatic rings. The highest BCUT2D eigenvalue weighted by Crippen LogP contribution is 2.41. The summed E-state index contributed by atoms with van der Waals surface area (Å²) in [4.78, 5) is 17.8. The maximum Gasteiger partial charge on any atom is 0.288 e. The van der Waals surface area contributed by atoms with Gasteiger partial charge < -0.3 is 11.5 Å². The lowest BCUT2D eigenvalue weighted by Crippen LogP contribution is -2.05. The summed E-state index contributed by atoms with van der Waals surface area (Å²) in [5.74, 6) is -0.376. The van der Waals surface area contributed by atoms with Crippen LogP contribution in [0.3, 0.4) is 0 Å². The third-order valence-electron chi connectivity index (χ3n) is 2.57. The van der Waals surface area contributed by atoms with Crippen LogP contribution in [0.2, 0.25) is 10.0 Å². The van der Waals surface area contributed by atoms with Gasteiger partial charge in [-0.1, -0.05) is 23.2 Å². The van der Waals surface area contributed by atoms with Crippen LogP contribution in [0.4, 0.5) is 17.5 Å². The van der Waals surface area contributed by atoms with Crippen LogP contribution in [0.1, 0.15) is 5.56 Å². The highest BCUT2D eigenvalue weighted by Gasteiger charge is 2.24. The number of rotatable bonds is 2.